The van der Waals surface area contributed by atoms with Crippen molar-refractivity contribution in [2.45, 2.75) is 18.2 Å². The Bertz CT molecular complexity index is 533. The van der Waals surface area contributed by atoms with Crippen LogP contribution in [0.15, 0.2) is 30.3 Å². The van der Waals surface area contributed by atoms with E-state index in [1.807, 2.05) is 30.3 Å². The van der Waals surface area contributed by atoms with Gasteiger partial charge in [0.25, 0.3) is 5.91 Å². The third-order valence-corrected chi connectivity index (χ3v) is 4.03. The standard InChI is InChI=1S/C14H18N4O2/c1-17-12-11(13(19)18(2)14(17)20)15-8-10(16-12)9-6-4-3-5-7-9/h3-7,10-12,15-16H,8H2,1-2H3. The second-order valence-corrected chi connectivity index (χ2v) is 5.25. The number of rotatable bonds is 1. The summed E-state index contributed by atoms with van der Waals surface area (Å²) in [5, 5.41) is 6.65. The van der Waals surface area contributed by atoms with Crippen molar-refractivity contribution in [2.24, 2.45) is 0 Å². The highest BCUT2D eigenvalue weighted by molar-refractivity contribution is 6.00. The average molecular weight is 274 g/mol. The Kier molecular flexibility index (Phi) is 3.19. The summed E-state index contributed by atoms with van der Waals surface area (Å²) < 4.78 is 0. The van der Waals surface area contributed by atoms with Crippen LogP contribution in [0.5, 0.6) is 0 Å². The maximum absolute atomic E-state index is 12.1. The molecule has 6 nitrogen and oxygen atoms in total. The Morgan fingerprint density at radius 2 is 1.85 bits per heavy atom. The number of likely N-dealkylation sites (N-methyl/N-ethyl adjacent to an activating group) is 2. The zero-order valence-electron chi connectivity index (χ0n) is 11.5. The molecule has 0 saturated carbocycles. The van der Waals surface area contributed by atoms with E-state index < -0.39 is 0 Å². The third kappa shape index (κ3) is 1.97. The van der Waals surface area contributed by atoms with E-state index in [1.165, 1.54) is 11.9 Å². The number of carbonyl (C=O) groups is 2. The molecule has 0 aliphatic carbocycles. The number of nitrogens with one attached hydrogen (secondary N) is 2. The molecule has 2 heterocycles. The van der Waals surface area contributed by atoms with Gasteiger partial charge in [-0.25, -0.2) is 4.79 Å². The van der Waals surface area contributed by atoms with E-state index in [9.17, 15) is 9.59 Å². The minimum absolute atomic E-state index is 0.0870. The molecule has 2 saturated heterocycles. The lowest BCUT2D eigenvalue weighted by atomic mass is 9.99. The van der Waals surface area contributed by atoms with Crippen LogP contribution < -0.4 is 10.6 Å². The summed E-state index contributed by atoms with van der Waals surface area (Å²) in [4.78, 5) is 26.9. The first kappa shape index (κ1) is 13.1. The van der Waals surface area contributed by atoms with E-state index in [0.29, 0.717) is 6.54 Å². The summed E-state index contributed by atoms with van der Waals surface area (Å²) in [5.74, 6) is -0.183. The van der Waals surface area contributed by atoms with Crippen LogP contribution in [0.25, 0.3) is 0 Å². The monoisotopic (exact) mass is 274 g/mol. The second kappa shape index (κ2) is 4.88. The smallest absolute Gasteiger partial charge is 0.310 e. The molecule has 2 aliphatic rings. The van der Waals surface area contributed by atoms with E-state index in [2.05, 4.69) is 10.6 Å². The SMILES string of the molecule is CN1C(=O)C2NCC(c3ccccc3)NC2N(C)C1=O. The van der Waals surface area contributed by atoms with Gasteiger partial charge < -0.3 is 10.2 Å². The fourth-order valence-corrected chi connectivity index (χ4v) is 2.83. The second-order valence-electron chi connectivity index (χ2n) is 5.25. The quantitative estimate of drug-likeness (QED) is 0.764. The number of hydrogen-bond acceptors (Lipinski definition) is 4. The zero-order valence-corrected chi connectivity index (χ0v) is 11.5. The Labute approximate surface area is 117 Å². The molecular formula is C14H18N4O2. The zero-order chi connectivity index (χ0) is 14.3. The number of nitrogens with zero attached hydrogens (tertiary/aromatic N) is 2. The molecule has 6 heteroatoms. The number of piperazine rings is 1. The summed E-state index contributed by atoms with van der Waals surface area (Å²) in [6.45, 7) is 0.660. The number of amides is 3. The molecule has 0 spiro atoms. The van der Waals surface area contributed by atoms with Gasteiger partial charge in [-0.2, -0.15) is 0 Å². The Hall–Kier alpha value is -1.92. The topological polar surface area (TPSA) is 64.7 Å². The van der Waals surface area contributed by atoms with Gasteiger partial charge in [0.05, 0.1) is 0 Å². The van der Waals surface area contributed by atoms with E-state index in [1.54, 1.807) is 11.9 Å². The summed E-state index contributed by atoms with van der Waals surface area (Å²) >= 11 is 0. The lowest BCUT2D eigenvalue weighted by Crippen LogP contribution is -2.73. The molecule has 3 amide bonds. The van der Waals surface area contributed by atoms with E-state index >= 15 is 0 Å². The summed E-state index contributed by atoms with van der Waals surface area (Å²) in [7, 11) is 3.23. The number of benzene rings is 1. The Morgan fingerprint density at radius 1 is 1.15 bits per heavy atom. The lowest BCUT2D eigenvalue weighted by molar-refractivity contribution is -0.136. The largest absolute Gasteiger partial charge is 0.327 e. The molecule has 3 atom stereocenters. The normalized spacial score (nSPS) is 30.4. The van der Waals surface area contributed by atoms with Crippen molar-refractivity contribution in [3.8, 4) is 0 Å². The molecule has 0 bridgehead atoms. The summed E-state index contributed by atoms with van der Waals surface area (Å²) in [6.07, 6.45) is -0.315. The fraction of sp³-hybridized carbons (Fsp3) is 0.429. The summed E-state index contributed by atoms with van der Waals surface area (Å²) in [5.41, 5.74) is 1.14. The number of imide groups is 1. The molecule has 0 radical (unpaired) electrons. The number of urea groups is 1. The molecule has 20 heavy (non-hydrogen) atoms. The predicted molar refractivity (Wildman–Crippen MR) is 73.8 cm³/mol. The molecule has 3 unspecified atom stereocenters. The van der Waals surface area contributed by atoms with Gasteiger partial charge in [0.1, 0.15) is 12.2 Å². The van der Waals surface area contributed by atoms with Crippen molar-refractivity contribution in [3.05, 3.63) is 35.9 Å². The van der Waals surface area contributed by atoms with Crippen molar-refractivity contribution < 1.29 is 9.59 Å². The average Bonchev–Trinajstić information content (AvgIpc) is 2.51. The van der Waals surface area contributed by atoms with Crippen molar-refractivity contribution in [3.63, 3.8) is 0 Å². The molecule has 2 N–H and O–H groups in total. The highest BCUT2D eigenvalue weighted by Gasteiger charge is 2.46. The third-order valence-electron chi connectivity index (χ3n) is 4.03. The molecular weight excluding hydrogens is 256 g/mol. The molecule has 1 aromatic carbocycles. The minimum atomic E-state index is -0.386. The van der Waals surface area contributed by atoms with Crippen LogP contribution >= 0.6 is 0 Å². The molecule has 2 aliphatic heterocycles. The van der Waals surface area contributed by atoms with Gasteiger partial charge >= 0.3 is 6.03 Å². The van der Waals surface area contributed by atoms with Gasteiger partial charge in [0.15, 0.2) is 0 Å². The maximum atomic E-state index is 12.1. The van der Waals surface area contributed by atoms with Crippen LogP contribution in [0.1, 0.15) is 11.6 Å². The maximum Gasteiger partial charge on any atom is 0.327 e. The van der Waals surface area contributed by atoms with E-state index in [4.69, 9.17) is 0 Å². The van der Waals surface area contributed by atoms with Gasteiger partial charge in [-0.15, -0.1) is 0 Å². The van der Waals surface area contributed by atoms with Crippen molar-refractivity contribution in [1.29, 1.82) is 0 Å². The Balaban J connectivity index is 1.83. The first-order valence-electron chi connectivity index (χ1n) is 6.68. The van der Waals surface area contributed by atoms with Gasteiger partial charge in [-0.05, 0) is 5.56 Å². The summed E-state index contributed by atoms with van der Waals surface area (Å²) in [6, 6.07) is 9.44. The van der Waals surface area contributed by atoms with Crippen molar-refractivity contribution >= 4 is 11.9 Å². The van der Waals surface area contributed by atoms with Gasteiger partial charge in [-0.3, -0.25) is 15.0 Å². The fourth-order valence-electron chi connectivity index (χ4n) is 2.83. The number of fused-ring (bicyclic) bond motifs is 1. The van der Waals surface area contributed by atoms with Crippen molar-refractivity contribution in [1.82, 2.24) is 20.4 Å². The van der Waals surface area contributed by atoms with Crippen LogP contribution in [0.2, 0.25) is 0 Å². The molecule has 3 rings (SSSR count). The molecule has 0 aromatic heterocycles. The molecule has 106 valence electrons. The van der Waals surface area contributed by atoms with E-state index in [0.717, 1.165) is 5.56 Å². The van der Waals surface area contributed by atoms with Crippen LogP contribution in [-0.2, 0) is 4.79 Å². The minimum Gasteiger partial charge on any atom is -0.310 e. The van der Waals surface area contributed by atoms with Crippen molar-refractivity contribution in [2.75, 3.05) is 20.6 Å². The first-order valence-corrected chi connectivity index (χ1v) is 6.68. The van der Waals surface area contributed by atoms with Gasteiger partial charge in [-0.1, -0.05) is 30.3 Å². The Morgan fingerprint density at radius 3 is 2.55 bits per heavy atom. The van der Waals surface area contributed by atoms with Crippen LogP contribution in [0.4, 0.5) is 4.79 Å². The van der Waals surface area contributed by atoms with Gasteiger partial charge in [0, 0.05) is 26.7 Å². The molecule has 2 fully saturated rings. The molecule has 1 aromatic rings. The number of hydrogen-bond donors (Lipinski definition) is 2. The first-order chi connectivity index (χ1) is 9.59. The van der Waals surface area contributed by atoms with E-state index in [-0.39, 0.29) is 30.2 Å². The predicted octanol–water partition coefficient (Wildman–Crippen LogP) is 0.139. The highest BCUT2D eigenvalue weighted by Crippen LogP contribution is 2.22. The van der Waals surface area contributed by atoms with Crippen LogP contribution in [-0.4, -0.2) is 54.6 Å². The van der Waals surface area contributed by atoms with Crippen LogP contribution in [0.3, 0.4) is 0 Å². The highest BCUT2D eigenvalue weighted by atomic mass is 16.2. The lowest BCUT2D eigenvalue weighted by Gasteiger charge is -2.47. The van der Waals surface area contributed by atoms with Crippen LogP contribution in [0, 0.1) is 0 Å². The van der Waals surface area contributed by atoms with Gasteiger partial charge in [0.2, 0.25) is 0 Å². The number of carbonyl (C=O) groups excluding carboxylic acids is 2.